The monoisotopic (exact) mass is 174 g/mol. The van der Waals surface area contributed by atoms with Gasteiger partial charge in [0.25, 0.3) is 0 Å². The molecule has 0 heterocycles. The third kappa shape index (κ3) is 2.06. The number of anilines is 1. The van der Waals surface area contributed by atoms with Crippen molar-refractivity contribution in [1.82, 2.24) is 5.43 Å². The Balaban J connectivity index is 2.93. The lowest BCUT2D eigenvalue weighted by Crippen LogP contribution is -2.15. The Morgan fingerprint density at radius 1 is 1.45 bits per heavy atom. The summed E-state index contributed by atoms with van der Waals surface area (Å²) in [6.45, 7) is 0. The van der Waals surface area contributed by atoms with Gasteiger partial charge in [0.2, 0.25) is 0 Å². The minimum Gasteiger partial charge on any atom is -0.320 e. The molecular formula is C7H8ClFN2. The maximum Gasteiger partial charge on any atom is 0.125 e. The van der Waals surface area contributed by atoms with Crippen LogP contribution in [0.5, 0.6) is 0 Å². The van der Waals surface area contributed by atoms with Gasteiger partial charge in [-0.15, -0.1) is 0 Å². The molecule has 0 fully saturated rings. The van der Waals surface area contributed by atoms with E-state index in [4.69, 9.17) is 11.6 Å². The van der Waals surface area contributed by atoms with E-state index < -0.39 is 0 Å². The first-order chi connectivity index (χ1) is 5.24. The van der Waals surface area contributed by atoms with Crippen molar-refractivity contribution in [1.29, 1.82) is 0 Å². The van der Waals surface area contributed by atoms with Crippen molar-refractivity contribution in [2.24, 2.45) is 0 Å². The van der Waals surface area contributed by atoms with E-state index in [1.54, 1.807) is 7.05 Å². The lowest BCUT2D eigenvalue weighted by Gasteiger charge is -2.05. The van der Waals surface area contributed by atoms with Gasteiger partial charge < -0.3 is 5.43 Å². The van der Waals surface area contributed by atoms with Crippen LogP contribution in [0, 0.1) is 5.82 Å². The topological polar surface area (TPSA) is 24.1 Å². The molecule has 0 bridgehead atoms. The van der Waals surface area contributed by atoms with Crippen molar-refractivity contribution < 1.29 is 4.39 Å². The van der Waals surface area contributed by atoms with Crippen molar-refractivity contribution in [2.45, 2.75) is 0 Å². The van der Waals surface area contributed by atoms with Crippen molar-refractivity contribution in [2.75, 3.05) is 12.5 Å². The number of hydrogen-bond acceptors (Lipinski definition) is 2. The zero-order valence-electron chi connectivity index (χ0n) is 5.99. The second kappa shape index (κ2) is 3.55. The van der Waals surface area contributed by atoms with Gasteiger partial charge in [-0.25, -0.2) is 9.82 Å². The molecule has 0 saturated carbocycles. The zero-order valence-corrected chi connectivity index (χ0v) is 6.74. The van der Waals surface area contributed by atoms with Gasteiger partial charge in [0.1, 0.15) is 5.82 Å². The smallest absolute Gasteiger partial charge is 0.125 e. The minimum absolute atomic E-state index is 0.313. The molecule has 1 rings (SSSR count). The fraction of sp³-hybridized carbons (Fsp3) is 0.143. The summed E-state index contributed by atoms with van der Waals surface area (Å²) in [4.78, 5) is 0. The molecule has 2 nitrogen and oxygen atoms in total. The van der Waals surface area contributed by atoms with Gasteiger partial charge in [0.05, 0.1) is 10.7 Å². The summed E-state index contributed by atoms with van der Waals surface area (Å²) < 4.78 is 12.5. The fourth-order valence-corrected chi connectivity index (χ4v) is 0.893. The van der Waals surface area contributed by atoms with Gasteiger partial charge in [-0.05, 0) is 18.2 Å². The Hall–Kier alpha value is -0.800. The van der Waals surface area contributed by atoms with Crippen LogP contribution in [0.15, 0.2) is 18.2 Å². The average molecular weight is 175 g/mol. The number of rotatable bonds is 2. The molecule has 0 spiro atoms. The molecule has 1 aromatic rings. The summed E-state index contributed by atoms with van der Waals surface area (Å²) in [5.41, 5.74) is 5.88. The molecule has 60 valence electrons. The number of nitrogens with one attached hydrogen (secondary N) is 2. The first-order valence-corrected chi connectivity index (χ1v) is 3.49. The van der Waals surface area contributed by atoms with E-state index >= 15 is 0 Å². The first-order valence-electron chi connectivity index (χ1n) is 3.12. The highest BCUT2D eigenvalue weighted by Crippen LogP contribution is 2.21. The SMILES string of the molecule is CNNc1cc(F)ccc1Cl. The summed E-state index contributed by atoms with van der Waals surface area (Å²) in [5, 5.41) is 0.487. The number of benzene rings is 1. The summed E-state index contributed by atoms with van der Waals surface area (Å²) in [5.74, 6) is -0.313. The molecule has 0 aromatic heterocycles. The second-order valence-electron chi connectivity index (χ2n) is 2.00. The third-order valence-electron chi connectivity index (χ3n) is 1.19. The van der Waals surface area contributed by atoms with Crippen LogP contribution in [-0.2, 0) is 0 Å². The van der Waals surface area contributed by atoms with Crippen LogP contribution < -0.4 is 10.9 Å². The number of halogens is 2. The highest BCUT2D eigenvalue weighted by molar-refractivity contribution is 6.33. The molecule has 1 aromatic carbocycles. The van der Waals surface area contributed by atoms with E-state index in [2.05, 4.69) is 10.9 Å². The molecule has 0 aliphatic rings. The summed E-state index contributed by atoms with van der Waals surface area (Å²) >= 11 is 5.71. The Kier molecular flexibility index (Phi) is 2.68. The highest BCUT2D eigenvalue weighted by Gasteiger charge is 1.98. The standard InChI is InChI=1S/C7H8ClFN2/c1-10-11-7-4-5(9)2-3-6(7)8/h2-4,10-11H,1H3. The molecule has 11 heavy (non-hydrogen) atoms. The molecule has 0 aliphatic heterocycles. The van der Waals surface area contributed by atoms with E-state index in [-0.39, 0.29) is 5.82 Å². The van der Waals surface area contributed by atoms with Crippen molar-refractivity contribution >= 4 is 17.3 Å². The molecule has 0 radical (unpaired) electrons. The largest absolute Gasteiger partial charge is 0.320 e. The van der Waals surface area contributed by atoms with Crippen LogP contribution in [0.4, 0.5) is 10.1 Å². The van der Waals surface area contributed by atoms with E-state index in [1.807, 2.05) is 0 Å². The van der Waals surface area contributed by atoms with Gasteiger partial charge in [-0.2, -0.15) is 0 Å². The zero-order chi connectivity index (χ0) is 8.27. The van der Waals surface area contributed by atoms with Crippen LogP contribution in [0.25, 0.3) is 0 Å². The molecule has 4 heteroatoms. The maximum absolute atomic E-state index is 12.5. The summed E-state index contributed by atoms with van der Waals surface area (Å²) in [6.07, 6.45) is 0. The number of hydrogen-bond donors (Lipinski definition) is 2. The predicted molar refractivity (Wildman–Crippen MR) is 44.1 cm³/mol. The van der Waals surface area contributed by atoms with E-state index in [0.717, 1.165) is 0 Å². The molecule has 2 N–H and O–H groups in total. The Morgan fingerprint density at radius 3 is 2.82 bits per heavy atom. The third-order valence-corrected chi connectivity index (χ3v) is 1.52. The normalized spacial score (nSPS) is 9.73. The Morgan fingerprint density at radius 2 is 2.18 bits per heavy atom. The van der Waals surface area contributed by atoms with Gasteiger partial charge in [-0.1, -0.05) is 11.6 Å². The first kappa shape index (κ1) is 8.30. The molecule has 0 atom stereocenters. The van der Waals surface area contributed by atoms with E-state index in [1.165, 1.54) is 18.2 Å². The lowest BCUT2D eigenvalue weighted by atomic mass is 10.3. The summed E-state index contributed by atoms with van der Waals surface area (Å²) in [7, 11) is 1.68. The van der Waals surface area contributed by atoms with Gasteiger partial charge >= 0.3 is 0 Å². The fourth-order valence-electron chi connectivity index (χ4n) is 0.728. The lowest BCUT2D eigenvalue weighted by molar-refractivity contribution is 0.628. The van der Waals surface area contributed by atoms with Crippen LogP contribution in [0.3, 0.4) is 0 Å². The van der Waals surface area contributed by atoms with E-state index in [9.17, 15) is 4.39 Å². The maximum atomic E-state index is 12.5. The molecular weight excluding hydrogens is 167 g/mol. The Bertz CT molecular complexity index is 252. The molecule has 0 aliphatic carbocycles. The minimum atomic E-state index is -0.313. The predicted octanol–water partition coefficient (Wildman–Crippen LogP) is 2.03. The van der Waals surface area contributed by atoms with Gasteiger partial charge in [0, 0.05) is 7.05 Å². The molecule has 0 amide bonds. The molecule has 0 unspecified atom stereocenters. The second-order valence-corrected chi connectivity index (χ2v) is 2.41. The van der Waals surface area contributed by atoms with Crippen molar-refractivity contribution in [3.05, 3.63) is 29.0 Å². The van der Waals surface area contributed by atoms with E-state index in [0.29, 0.717) is 10.7 Å². The highest BCUT2D eigenvalue weighted by atomic mass is 35.5. The van der Waals surface area contributed by atoms with Crippen LogP contribution in [-0.4, -0.2) is 7.05 Å². The van der Waals surface area contributed by atoms with Crippen LogP contribution in [0.1, 0.15) is 0 Å². The van der Waals surface area contributed by atoms with Crippen molar-refractivity contribution in [3.63, 3.8) is 0 Å². The molecule has 0 saturated heterocycles. The average Bonchev–Trinajstić information content (AvgIpc) is 1.98. The van der Waals surface area contributed by atoms with Crippen molar-refractivity contribution in [3.8, 4) is 0 Å². The van der Waals surface area contributed by atoms with Gasteiger partial charge in [-0.3, -0.25) is 0 Å². The van der Waals surface area contributed by atoms with Crippen LogP contribution >= 0.6 is 11.6 Å². The van der Waals surface area contributed by atoms with Gasteiger partial charge in [0.15, 0.2) is 0 Å². The summed E-state index contributed by atoms with van der Waals surface area (Å²) in [6, 6.07) is 4.12. The van der Waals surface area contributed by atoms with Crippen LogP contribution in [0.2, 0.25) is 5.02 Å². The Labute approximate surface area is 69.3 Å². The quantitative estimate of drug-likeness (QED) is 0.671. The number of hydrazine groups is 1.